The zero-order chi connectivity index (χ0) is 20.2. The molecule has 0 atom stereocenters. The van der Waals surface area contributed by atoms with E-state index >= 15 is 0 Å². The van der Waals surface area contributed by atoms with Gasteiger partial charge in [0.05, 0.1) is 5.39 Å². The zero-order valence-corrected chi connectivity index (χ0v) is 17.2. The summed E-state index contributed by atoms with van der Waals surface area (Å²) in [6.07, 6.45) is 1.95. The number of piperazine rings is 1. The fraction of sp³-hybridized carbons (Fsp3) is 0.381. The minimum absolute atomic E-state index is 0.169. The minimum atomic E-state index is -0.263. The average Bonchev–Trinajstić information content (AvgIpc) is 3.19. The van der Waals surface area contributed by atoms with E-state index in [1.54, 1.807) is 12.1 Å². The summed E-state index contributed by atoms with van der Waals surface area (Å²) in [5, 5.41) is 6.23. The van der Waals surface area contributed by atoms with E-state index in [2.05, 4.69) is 27.1 Å². The van der Waals surface area contributed by atoms with E-state index in [-0.39, 0.29) is 11.7 Å². The molecule has 4 rings (SSSR count). The summed E-state index contributed by atoms with van der Waals surface area (Å²) >= 11 is 1.53. The van der Waals surface area contributed by atoms with Crippen molar-refractivity contribution in [2.45, 2.75) is 13.3 Å². The molecule has 6 nitrogen and oxygen atoms in total. The SMILES string of the molecule is CCN1CCN(C(=O)CCNc2ncnc3scc(-c4ccc(F)cc4)c23)CC1. The molecule has 1 aliphatic heterocycles. The van der Waals surface area contributed by atoms with Crippen molar-refractivity contribution in [2.75, 3.05) is 44.6 Å². The van der Waals surface area contributed by atoms with Crippen LogP contribution in [-0.2, 0) is 4.79 Å². The van der Waals surface area contributed by atoms with Gasteiger partial charge >= 0.3 is 0 Å². The molecule has 152 valence electrons. The molecule has 0 bridgehead atoms. The largest absolute Gasteiger partial charge is 0.369 e. The van der Waals surface area contributed by atoms with Gasteiger partial charge in [-0.3, -0.25) is 4.79 Å². The smallest absolute Gasteiger partial charge is 0.224 e. The fourth-order valence-electron chi connectivity index (χ4n) is 3.61. The van der Waals surface area contributed by atoms with Crippen molar-refractivity contribution in [1.82, 2.24) is 19.8 Å². The Morgan fingerprint density at radius 1 is 1.17 bits per heavy atom. The number of benzene rings is 1. The molecule has 29 heavy (non-hydrogen) atoms. The molecule has 0 saturated carbocycles. The Balaban J connectivity index is 1.44. The lowest BCUT2D eigenvalue weighted by molar-refractivity contribution is -0.132. The van der Waals surface area contributed by atoms with Gasteiger partial charge in [-0.05, 0) is 24.2 Å². The van der Waals surface area contributed by atoms with E-state index in [4.69, 9.17) is 0 Å². The van der Waals surface area contributed by atoms with Crippen LogP contribution < -0.4 is 5.32 Å². The highest BCUT2D eigenvalue weighted by Gasteiger charge is 2.20. The number of hydrogen-bond donors (Lipinski definition) is 1. The average molecular weight is 414 g/mol. The quantitative estimate of drug-likeness (QED) is 0.671. The lowest BCUT2D eigenvalue weighted by atomic mass is 10.1. The maximum Gasteiger partial charge on any atom is 0.224 e. The lowest BCUT2D eigenvalue weighted by Gasteiger charge is -2.34. The van der Waals surface area contributed by atoms with Gasteiger partial charge in [0.2, 0.25) is 5.91 Å². The standard InChI is InChI=1S/C21H24FN5OS/c1-2-26-9-11-27(12-10-26)18(28)7-8-23-20-19-17(13-29-21(19)25-14-24-20)15-3-5-16(22)6-4-15/h3-6,13-14H,2,7-12H2,1H3,(H,23,24,25). The minimum Gasteiger partial charge on any atom is -0.369 e. The second-order valence-electron chi connectivity index (χ2n) is 7.05. The van der Waals surface area contributed by atoms with Crippen LogP contribution in [0.15, 0.2) is 36.0 Å². The normalized spacial score (nSPS) is 15.0. The Bertz CT molecular complexity index is 982. The molecule has 3 heterocycles. The van der Waals surface area contributed by atoms with E-state index in [0.717, 1.165) is 54.1 Å². The maximum atomic E-state index is 13.3. The molecule has 0 unspecified atom stereocenters. The Hall–Kier alpha value is -2.58. The second-order valence-corrected chi connectivity index (χ2v) is 7.91. The molecule has 2 aromatic heterocycles. The molecule has 1 amide bonds. The number of hydrogen-bond acceptors (Lipinski definition) is 6. The van der Waals surface area contributed by atoms with Crippen LogP contribution in [-0.4, -0.2) is 64.9 Å². The van der Waals surface area contributed by atoms with Crippen molar-refractivity contribution in [1.29, 1.82) is 0 Å². The number of carbonyl (C=O) groups is 1. The van der Waals surface area contributed by atoms with E-state index in [1.807, 2.05) is 10.3 Å². The third-order valence-corrected chi connectivity index (χ3v) is 6.22. The van der Waals surface area contributed by atoms with Gasteiger partial charge in [0.1, 0.15) is 22.8 Å². The van der Waals surface area contributed by atoms with Gasteiger partial charge in [0.15, 0.2) is 0 Å². The summed E-state index contributed by atoms with van der Waals surface area (Å²) in [7, 11) is 0. The molecule has 0 radical (unpaired) electrons. The van der Waals surface area contributed by atoms with Crippen LogP contribution in [0.5, 0.6) is 0 Å². The van der Waals surface area contributed by atoms with E-state index < -0.39 is 0 Å². The van der Waals surface area contributed by atoms with Crippen molar-refractivity contribution in [3.05, 3.63) is 41.8 Å². The Labute approximate surface area is 173 Å². The van der Waals surface area contributed by atoms with Crippen LogP contribution in [0.3, 0.4) is 0 Å². The molecule has 1 aromatic carbocycles. The van der Waals surface area contributed by atoms with E-state index in [1.165, 1.54) is 29.8 Å². The van der Waals surface area contributed by atoms with Gasteiger partial charge in [0.25, 0.3) is 0 Å². The summed E-state index contributed by atoms with van der Waals surface area (Å²) in [5.74, 6) is 0.614. The number of nitrogens with one attached hydrogen (secondary N) is 1. The topological polar surface area (TPSA) is 61.4 Å². The molecule has 1 N–H and O–H groups in total. The Kier molecular flexibility index (Phi) is 6.01. The third kappa shape index (κ3) is 4.38. The van der Waals surface area contributed by atoms with Gasteiger partial charge < -0.3 is 15.1 Å². The molecule has 3 aromatic rings. The van der Waals surface area contributed by atoms with Crippen molar-refractivity contribution < 1.29 is 9.18 Å². The van der Waals surface area contributed by atoms with Gasteiger partial charge in [-0.1, -0.05) is 19.1 Å². The third-order valence-electron chi connectivity index (χ3n) is 5.33. The number of amides is 1. The van der Waals surface area contributed by atoms with Crippen molar-refractivity contribution in [3.63, 3.8) is 0 Å². The predicted octanol–water partition coefficient (Wildman–Crippen LogP) is 3.46. The van der Waals surface area contributed by atoms with Crippen LogP contribution in [0.2, 0.25) is 0 Å². The summed E-state index contributed by atoms with van der Waals surface area (Å²) in [6.45, 7) is 7.17. The lowest BCUT2D eigenvalue weighted by Crippen LogP contribution is -2.48. The molecule has 0 aliphatic carbocycles. The maximum absolute atomic E-state index is 13.3. The van der Waals surface area contributed by atoms with Crippen molar-refractivity contribution in [3.8, 4) is 11.1 Å². The monoisotopic (exact) mass is 413 g/mol. The predicted molar refractivity (Wildman–Crippen MR) is 115 cm³/mol. The number of likely N-dealkylation sites (N-methyl/N-ethyl adjacent to an activating group) is 1. The molecule has 1 fully saturated rings. The summed E-state index contributed by atoms with van der Waals surface area (Å²) < 4.78 is 13.3. The van der Waals surface area contributed by atoms with E-state index in [9.17, 15) is 9.18 Å². The first-order chi connectivity index (χ1) is 14.2. The molecule has 8 heteroatoms. The van der Waals surface area contributed by atoms with Crippen LogP contribution in [0.4, 0.5) is 10.2 Å². The van der Waals surface area contributed by atoms with Gasteiger partial charge in [-0.25, -0.2) is 14.4 Å². The van der Waals surface area contributed by atoms with Gasteiger partial charge in [0, 0.05) is 50.1 Å². The molecular formula is C21H24FN5OS. The highest BCUT2D eigenvalue weighted by molar-refractivity contribution is 7.17. The van der Waals surface area contributed by atoms with E-state index in [0.29, 0.717) is 18.8 Å². The van der Waals surface area contributed by atoms with Crippen LogP contribution >= 0.6 is 11.3 Å². The number of nitrogens with zero attached hydrogens (tertiary/aromatic N) is 4. The highest BCUT2D eigenvalue weighted by Crippen LogP contribution is 2.36. The number of rotatable bonds is 6. The second kappa shape index (κ2) is 8.84. The first-order valence-electron chi connectivity index (χ1n) is 9.88. The first kappa shape index (κ1) is 19.7. The number of thiophene rings is 1. The highest BCUT2D eigenvalue weighted by atomic mass is 32.1. The first-order valence-corrected chi connectivity index (χ1v) is 10.8. The fourth-order valence-corrected chi connectivity index (χ4v) is 4.53. The van der Waals surface area contributed by atoms with Crippen LogP contribution in [0.25, 0.3) is 21.3 Å². The van der Waals surface area contributed by atoms with Crippen LogP contribution in [0.1, 0.15) is 13.3 Å². The van der Waals surface area contributed by atoms with Crippen LogP contribution in [0, 0.1) is 5.82 Å². The number of aromatic nitrogens is 2. The summed E-state index contributed by atoms with van der Waals surface area (Å²) in [6, 6.07) is 6.42. The Morgan fingerprint density at radius 3 is 2.66 bits per heavy atom. The molecular weight excluding hydrogens is 389 g/mol. The molecule has 1 aliphatic rings. The van der Waals surface area contributed by atoms with Gasteiger partial charge in [-0.15, -0.1) is 11.3 Å². The molecule has 1 saturated heterocycles. The summed E-state index contributed by atoms with van der Waals surface area (Å²) in [4.78, 5) is 26.4. The number of halogens is 1. The van der Waals surface area contributed by atoms with Gasteiger partial charge in [-0.2, -0.15) is 0 Å². The Morgan fingerprint density at radius 2 is 1.93 bits per heavy atom. The molecule has 0 spiro atoms. The number of carbonyl (C=O) groups excluding carboxylic acids is 1. The number of anilines is 1. The summed E-state index contributed by atoms with van der Waals surface area (Å²) in [5.41, 5.74) is 1.88. The zero-order valence-electron chi connectivity index (χ0n) is 16.4. The van der Waals surface area contributed by atoms with Crippen molar-refractivity contribution >= 4 is 33.3 Å². The number of fused-ring (bicyclic) bond motifs is 1. The van der Waals surface area contributed by atoms with Crippen molar-refractivity contribution in [2.24, 2.45) is 0 Å².